The highest BCUT2D eigenvalue weighted by molar-refractivity contribution is 5.94. The lowest BCUT2D eigenvalue weighted by Crippen LogP contribution is -2.45. The van der Waals surface area contributed by atoms with E-state index >= 15 is 0 Å². The summed E-state index contributed by atoms with van der Waals surface area (Å²) in [5.74, 6) is 1.68. The molecule has 32 heavy (non-hydrogen) atoms. The van der Waals surface area contributed by atoms with E-state index in [0.29, 0.717) is 11.6 Å². The van der Waals surface area contributed by atoms with Gasteiger partial charge >= 0.3 is 0 Å². The van der Waals surface area contributed by atoms with E-state index in [1.165, 1.54) is 12.8 Å². The van der Waals surface area contributed by atoms with Gasteiger partial charge in [0.2, 0.25) is 0 Å². The molecule has 2 aromatic heterocycles. The van der Waals surface area contributed by atoms with Gasteiger partial charge in [0.05, 0.1) is 23.4 Å². The fraction of sp³-hybridized carbons (Fsp3) is 0.440. The number of fused-ring (bicyclic) bond motifs is 1. The maximum absolute atomic E-state index is 9.39. The van der Waals surface area contributed by atoms with Crippen molar-refractivity contribution in [2.24, 2.45) is 0 Å². The van der Waals surface area contributed by atoms with E-state index in [0.717, 1.165) is 52.3 Å². The van der Waals surface area contributed by atoms with E-state index in [-0.39, 0.29) is 6.04 Å². The van der Waals surface area contributed by atoms with Gasteiger partial charge in [0.25, 0.3) is 0 Å². The number of hydrogen-bond donors (Lipinski definition) is 1. The van der Waals surface area contributed by atoms with Gasteiger partial charge in [0.1, 0.15) is 5.82 Å². The molecule has 7 heteroatoms. The number of likely N-dealkylation sites (tertiary alicyclic amines) is 1. The van der Waals surface area contributed by atoms with Gasteiger partial charge in [0.15, 0.2) is 5.82 Å². The second kappa shape index (κ2) is 9.09. The van der Waals surface area contributed by atoms with Crippen LogP contribution >= 0.6 is 0 Å². The SMILES string of the molecule is Cc1c(C#N)cccc1[C@@H](C)Nc1nnc(C)c2cnc(N(C)[C@H]3CCCN(C)C3)cc12. The Balaban J connectivity index is 1.68. The van der Waals surface area contributed by atoms with E-state index in [9.17, 15) is 5.26 Å². The van der Waals surface area contributed by atoms with Crippen LogP contribution in [-0.2, 0) is 0 Å². The van der Waals surface area contributed by atoms with Crippen molar-refractivity contribution < 1.29 is 0 Å². The van der Waals surface area contributed by atoms with Crippen molar-refractivity contribution in [2.75, 3.05) is 37.4 Å². The molecule has 0 saturated carbocycles. The Morgan fingerprint density at radius 2 is 2.06 bits per heavy atom. The van der Waals surface area contributed by atoms with E-state index in [4.69, 9.17) is 4.98 Å². The molecule has 0 spiro atoms. The Kier molecular flexibility index (Phi) is 6.24. The van der Waals surface area contributed by atoms with Crippen LogP contribution in [0.2, 0.25) is 0 Å². The minimum atomic E-state index is -0.0233. The largest absolute Gasteiger partial charge is 0.362 e. The van der Waals surface area contributed by atoms with Crippen LogP contribution < -0.4 is 10.2 Å². The number of rotatable bonds is 5. The molecule has 3 aromatic rings. The molecule has 1 N–H and O–H groups in total. The van der Waals surface area contributed by atoms with Crippen molar-refractivity contribution in [2.45, 2.75) is 45.7 Å². The number of likely N-dealkylation sites (N-methyl/N-ethyl adjacent to an activating group) is 2. The Hall–Kier alpha value is -3.24. The molecule has 0 unspecified atom stereocenters. The van der Waals surface area contributed by atoms with Gasteiger partial charge in [-0.2, -0.15) is 10.4 Å². The van der Waals surface area contributed by atoms with Crippen molar-refractivity contribution in [1.29, 1.82) is 5.26 Å². The second-order valence-electron chi connectivity index (χ2n) is 8.89. The third-order valence-electron chi connectivity index (χ3n) is 6.66. The summed E-state index contributed by atoms with van der Waals surface area (Å²) in [5, 5.41) is 23.8. The molecule has 1 aliphatic heterocycles. The summed E-state index contributed by atoms with van der Waals surface area (Å²) in [6, 6.07) is 10.6. The van der Waals surface area contributed by atoms with E-state index in [2.05, 4.69) is 64.5 Å². The first-order chi connectivity index (χ1) is 15.4. The van der Waals surface area contributed by atoms with Crippen LogP contribution in [0, 0.1) is 25.2 Å². The van der Waals surface area contributed by atoms with Crippen molar-refractivity contribution in [3.05, 3.63) is 52.8 Å². The minimum Gasteiger partial charge on any atom is -0.362 e. The number of benzene rings is 1. The number of aromatic nitrogens is 3. The molecule has 0 radical (unpaired) electrons. The number of aryl methyl sites for hydroxylation is 1. The van der Waals surface area contributed by atoms with Gasteiger partial charge < -0.3 is 15.1 Å². The van der Waals surface area contributed by atoms with E-state index < -0.39 is 0 Å². The molecule has 2 atom stereocenters. The molecule has 0 bridgehead atoms. The molecule has 4 rings (SSSR count). The number of nitrogens with zero attached hydrogens (tertiary/aromatic N) is 6. The Labute approximate surface area is 190 Å². The third kappa shape index (κ3) is 4.23. The molecule has 166 valence electrons. The number of piperidine rings is 1. The van der Waals surface area contributed by atoms with Crippen molar-refractivity contribution in [3.63, 3.8) is 0 Å². The van der Waals surface area contributed by atoms with Crippen LogP contribution in [0.25, 0.3) is 10.8 Å². The summed E-state index contributed by atoms with van der Waals surface area (Å²) in [7, 11) is 4.31. The van der Waals surface area contributed by atoms with Gasteiger partial charge in [-0.15, -0.1) is 5.10 Å². The molecule has 3 heterocycles. The topological polar surface area (TPSA) is 81.0 Å². The zero-order valence-electron chi connectivity index (χ0n) is 19.6. The van der Waals surface area contributed by atoms with Crippen molar-refractivity contribution in [3.8, 4) is 6.07 Å². The van der Waals surface area contributed by atoms with E-state index in [1.807, 2.05) is 32.2 Å². The number of pyridine rings is 1. The quantitative estimate of drug-likeness (QED) is 0.650. The lowest BCUT2D eigenvalue weighted by molar-refractivity contribution is 0.247. The summed E-state index contributed by atoms with van der Waals surface area (Å²) in [4.78, 5) is 9.43. The summed E-state index contributed by atoms with van der Waals surface area (Å²) in [5.41, 5.74) is 3.63. The standard InChI is InChI=1S/C25H31N7/c1-16-19(13-26)8-6-10-21(16)17(2)28-25-22-12-24(27-14-23(22)18(3)29-30-25)32(5)20-9-7-11-31(4)15-20/h6,8,10,12,14,17,20H,7,9,11,15H2,1-5H3,(H,28,30)/t17-,20+/m1/s1. The highest BCUT2D eigenvalue weighted by atomic mass is 15.2. The van der Waals surface area contributed by atoms with Crippen molar-refractivity contribution in [1.82, 2.24) is 20.1 Å². The molecule has 1 aliphatic rings. The van der Waals surface area contributed by atoms with Crippen LogP contribution in [0.1, 0.15) is 48.2 Å². The summed E-state index contributed by atoms with van der Waals surface area (Å²) in [6.07, 6.45) is 4.29. The van der Waals surface area contributed by atoms with Crippen molar-refractivity contribution >= 4 is 22.4 Å². The predicted molar refractivity (Wildman–Crippen MR) is 129 cm³/mol. The van der Waals surface area contributed by atoms with Gasteiger partial charge in [-0.1, -0.05) is 12.1 Å². The maximum atomic E-state index is 9.39. The summed E-state index contributed by atoms with van der Waals surface area (Å²) >= 11 is 0. The normalized spacial score (nSPS) is 17.7. The fourth-order valence-corrected chi connectivity index (χ4v) is 4.63. The molecule has 1 aromatic carbocycles. The second-order valence-corrected chi connectivity index (χ2v) is 8.89. The molecular formula is C25H31N7. The third-order valence-corrected chi connectivity index (χ3v) is 6.66. The lowest BCUT2D eigenvalue weighted by Gasteiger charge is -2.36. The zero-order valence-corrected chi connectivity index (χ0v) is 19.6. The lowest BCUT2D eigenvalue weighted by atomic mass is 9.98. The smallest absolute Gasteiger partial charge is 0.157 e. The molecule has 0 aliphatic carbocycles. The first-order valence-electron chi connectivity index (χ1n) is 11.2. The van der Waals surface area contributed by atoms with Gasteiger partial charge in [-0.25, -0.2) is 4.98 Å². The van der Waals surface area contributed by atoms with Crippen LogP contribution in [-0.4, -0.2) is 53.3 Å². The van der Waals surface area contributed by atoms with Gasteiger partial charge in [-0.05, 0) is 70.5 Å². The van der Waals surface area contributed by atoms with Crippen LogP contribution in [0.4, 0.5) is 11.6 Å². The first kappa shape index (κ1) is 22.0. The van der Waals surface area contributed by atoms with Crippen LogP contribution in [0.3, 0.4) is 0 Å². The fourth-order valence-electron chi connectivity index (χ4n) is 4.63. The highest BCUT2D eigenvalue weighted by Crippen LogP contribution is 2.30. The zero-order chi connectivity index (χ0) is 22.8. The van der Waals surface area contributed by atoms with E-state index in [1.54, 1.807) is 0 Å². The molecule has 7 nitrogen and oxygen atoms in total. The monoisotopic (exact) mass is 429 g/mol. The van der Waals surface area contributed by atoms with Gasteiger partial charge in [0, 0.05) is 36.6 Å². The Morgan fingerprint density at radius 1 is 1.25 bits per heavy atom. The maximum Gasteiger partial charge on any atom is 0.157 e. The number of anilines is 2. The predicted octanol–water partition coefficient (Wildman–Crippen LogP) is 4.22. The number of nitrogens with one attached hydrogen (secondary N) is 1. The number of hydrogen-bond acceptors (Lipinski definition) is 7. The Bertz CT molecular complexity index is 1170. The highest BCUT2D eigenvalue weighted by Gasteiger charge is 2.23. The van der Waals surface area contributed by atoms with Crippen LogP contribution in [0.5, 0.6) is 0 Å². The molecular weight excluding hydrogens is 398 g/mol. The van der Waals surface area contributed by atoms with Gasteiger partial charge in [-0.3, -0.25) is 0 Å². The van der Waals surface area contributed by atoms with Crippen LogP contribution in [0.15, 0.2) is 30.5 Å². The Morgan fingerprint density at radius 3 is 2.81 bits per heavy atom. The average molecular weight is 430 g/mol. The molecule has 1 fully saturated rings. The molecule has 0 amide bonds. The average Bonchev–Trinajstić information content (AvgIpc) is 2.80. The molecule has 1 saturated heterocycles. The summed E-state index contributed by atoms with van der Waals surface area (Å²) < 4.78 is 0. The first-order valence-corrected chi connectivity index (χ1v) is 11.2. The minimum absolute atomic E-state index is 0.0233. The number of nitriles is 1. The summed E-state index contributed by atoms with van der Waals surface area (Å²) in [6.45, 7) is 8.24.